The van der Waals surface area contributed by atoms with Crippen molar-refractivity contribution in [1.29, 1.82) is 0 Å². The number of amides is 1. The average molecular weight is 289 g/mol. The van der Waals surface area contributed by atoms with Gasteiger partial charge in [-0.1, -0.05) is 26.2 Å². The van der Waals surface area contributed by atoms with Crippen LogP contribution in [0.15, 0.2) is 0 Å². The second-order valence-electron chi connectivity index (χ2n) is 5.54. The molecule has 3 nitrogen and oxygen atoms in total. The van der Waals surface area contributed by atoms with Crippen LogP contribution in [0.2, 0.25) is 0 Å². The first-order chi connectivity index (χ1) is 9.26. The number of unbranched alkanes of at least 4 members (excludes halogenated alkanes) is 3. The van der Waals surface area contributed by atoms with Crippen LogP contribution < -0.4 is 5.32 Å². The van der Waals surface area contributed by atoms with Crippen molar-refractivity contribution < 1.29 is 4.79 Å². The van der Waals surface area contributed by atoms with Crippen LogP contribution in [-0.2, 0) is 4.79 Å². The van der Waals surface area contributed by atoms with E-state index in [4.69, 9.17) is 11.6 Å². The van der Waals surface area contributed by atoms with Gasteiger partial charge in [-0.15, -0.1) is 11.6 Å². The highest BCUT2D eigenvalue weighted by Crippen LogP contribution is 2.11. The molecule has 0 spiro atoms. The Morgan fingerprint density at radius 3 is 2.58 bits per heavy atom. The van der Waals surface area contributed by atoms with Gasteiger partial charge < -0.3 is 10.2 Å². The number of nitrogens with zero attached hydrogens (tertiary/aromatic N) is 1. The summed E-state index contributed by atoms with van der Waals surface area (Å²) in [6.45, 7) is 5.48. The number of carbonyl (C=O) groups excluding carboxylic acids is 1. The van der Waals surface area contributed by atoms with E-state index in [9.17, 15) is 4.79 Å². The maximum absolute atomic E-state index is 11.8. The Morgan fingerprint density at radius 2 is 1.95 bits per heavy atom. The molecule has 1 amide bonds. The lowest BCUT2D eigenvalue weighted by Crippen LogP contribution is -2.44. The van der Waals surface area contributed by atoms with E-state index in [1.807, 2.05) is 0 Å². The fourth-order valence-corrected chi connectivity index (χ4v) is 2.72. The Labute approximate surface area is 123 Å². The first-order valence-electron chi connectivity index (χ1n) is 7.84. The van der Waals surface area contributed by atoms with Crippen LogP contribution in [0, 0.1) is 0 Å². The highest BCUT2D eigenvalue weighted by Gasteiger charge is 2.19. The van der Waals surface area contributed by atoms with Crippen molar-refractivity contribution in [3.05, 3.63) is 0 Å². The lowest BCUT2D eigenvalue weighted by atomic mass is 10.0. The Bertz CT molecular complexity index is 240. The van der Waals surface area contributed by atoms with Crippen LogP contribution in [-0.4, -0.2) is 42.4 Å². The molecule has 0 atom stereocenters. The normalized spacial score (nSPS) is 17.6. The number of halogens is 1. The van der Waals surface area contributed by atoms with Gasteiger partial charge in [-0.05, 0) is 32.2 Å². The lowest BCUT2D eigenvalue weighted by Gasteiger charge is -2.32. The van der Waals surface area contributed by atoms with E-state index in [1.54, 1.807) is 0 Å². The monoisotopic (exact) mass is 288 g/mol. The van der Waals surface area contributed by atoms with E-state index in [2.05, 4.69) is 17.1 Å². The van der Waals surface area contributed by atoms with Gasteiger partial charge in [-0.3, -0.25) is 4.79 Å². The number of hydrogen-bond acceptors (Lipinski definition) is 2. The average Bonchev–Trinajstić information content (AvgIpc) is 2.43. The molecule has 1 aliphatic rings. The van der Waals surface area contributed by atoms with Gasteiger partial charge in [0, 0.05) is 31.4 Å². The molecule has 1 N–H and O–H groups in total. The molecule has 0 aromatic rings. The van der Waals surface area contributed by atoms with E-state index >= 15 is 0 Å². The molecule has 1 aliphatic heterocycles. The van der Waals surface area contributed by atoms with Gasteiger partial charge in [-0.2, -0.15) is 0 Å². The van der Waals surface area contributed by atoms with Crippen molar-refractivity contribution in [2.24, 2.45) is 0 Å². The lowest BCUT2D eigenvalue weighted by molar-refractivity contribution is -0.122. The maximum Gasteiger partial charge on any atom is 0.220 e. The van der Waals surface area contributed by atoms with Crippen LogP contribution >= 0.6 is 11.6 Å². The minimum absolute atomic E-state index is 0.246. The van der Waals surface area contributed by atoms with Crippen molar-refractivity contribution in [2.75, 3.05) is 25.5 Å². The second kappa shape index (κ2) is 10.5. The maximum atomic E-state index is 11.8. The molecule has 0 aliphatic carbocycles. The number of likely N-dealkylation sites (tertiary alicyclic amines) is 1. The molecule has 1 saturated heterocycles. The Morgan fingerprint density at radius 1 is 1.21 bits per heavy atom. The number of alkyl halides is 1. The summed E-state index contributed by atoms with van der Waals surface area (Å²) in [5, 5.41) is 3.18. The molecular weight excluding hydrogens is 260 g/mol. The van der Waals surface area contributed by atoms with Crippen LogP contribution in [0.3, 0.4) is 0 Å². The van der Waals surface area contributed by atoms with Gasteiger partial charge in [0.05, 0.1) is 0 Å². The number of hydrogen-bond donors (Lipinski definition) is 1. The molecule has 1 rings (SSSR count). The number of nitrogens with one attached hydrogen (secondary N) is 1. The van der Waals surface area contributed by atoms with Crippen molar-refractivity contribution in [2.45, 2.75) is 64.3 Å². The van der Waals surface area contributed by atoms with Gasteiger partial charge in [0.2, 0.25) is 5.91 Å². The highest BCUT2D eigenvalue weighted by molar-refractivity contribution is 6.17. The predicted molar refractivity (Wildman–Crippen MR) is 81.7 cm³/mol. The summed E-state index contributed by atoms with van der Waals surface area (Å²) in [7, 11) is 0. The van der Waals surface area contributed by atoms with Gasteiger partial charge >= 0.3 is 0 Å². The van der Waals surface area contributed by atoms with Gasteiger partial charge in [0.1, 0.15) is 0 Å². The summed E-state index contributed by atoms with van der Waals surface area (Å²) in [5.41, 5.74) is 0. The van der Waals surface area contributed by atoms with Crippen molar-refractivity contribution >= 4 is 17.5 Å². The van der Waals surface area contributed by atoms with E-state index in [0.29, 0.717) is 12.5 Å². The molecule has 0 saturated carbocycles. The standard InChI is InChI=1S/C15H29ClN2O/c1-2-3-4-5-7-15(19)17-14-8-12-18(13-9-14)11-6-10-16/h14H,2-13H2,1H3,(H,17,19). The summed E-state index contributed by atoms with van der Waals surface area (Å²) in [4.78, 5) is 14.2. The molecule has 112 valence electrons. The second-order valence-corrected chi connectivity index (χ2v) is 5.91. The molecule has 1 fully saturated rings. The topological polar surface area (TPSA) is 32.3 Å². The Hall–Kier alpha value is -0.280. The van der Waals surface area contributed by atoms with Gasteiger partial charge in [-0.25, -0.2) is 0 Å². The van der Waals surface area contributed by atoms with Crippen molar-refractivity contribution in [1.82, 2.24) is 10.2 Å². The third-order valence-corrected chi connectivity index (χ3v) is 4.09. The van der Waals surface area contributed by atoms with E-state index < -0.39 is 0 Å². The number of carbonyl (C=O) groups is 1. The molecule has 0 aromatic carbocycles. The quantitative estimate of drug-likeness (QED) is 0.522. The third-order valence-electron chi connectivity index (χ3n) is 3.82. The van der Waals surface area contributed by atoms with Crippen molar-refractivity contribution in [3.63, 3.8) is 0 Å². The summed E-state index contributed by atoms with van der Waals surface area (Å²) < 4.78 is 0. The predicted octanol–water partition coefficient (Wildman–Crippen LogP) is 3.17. The Kier molecular flexibility index (Phi) is 9.27. The fourth-order valence-electron chi connectivity index (χ4n) is 2.60. The fraction of sp³-hybridized carbons (Fsp3) is 0.933. The van der Waals surface area contributed by atoms with Crippen molar-refractivity contribution in [3.8, 4) is 0 Å². The zero-order valence-corrected chi connectivity index (χ0v) is 13.1. The van der Waals surface area contributed by atoms with Gasteiger partial charge in [0.15, 0.2) is 0 Å². The number of rotatable bonds is 9. The summed E-state index contributed by atoms with van der Waals surface area (Å²) >= 11 is 5.71. The number of piperidine rings is 1. The SMILES string of the molecule is CCCCCCC(=O)NC1CCN(CCCCl)CC1. The molecule has 19 heavy (non-hydrogen) atoms. The summed E-state index contributed by atoms with van der Waals surface area (Å²) in [6, 6.07) is 0.394. The molecule has 0 radical (unpaired) electrons. The third kappa shape index (κ3) is 7.78. The molecular formula is C15H29ClN2O. The first kappa shape index (κ1) is 16.8. The van der Waals surface area contributed by atoms with Crippen LogP contribution in [0.5, 0.6) is 0 Å². The smallest absolute Gasteiger partial charge is 0.220 e. The largest absolute Gasteiger partial charge is 0.353 e. The molecule has 0 unspecified atom stereocenters. The van der Waals surface area contributed by atoms with E-state index in [1.165, 1.54) is 19.3 Å². The minimum atomic E-state index is 0.246. The Balaban J connectivity index is 2.06. The van der Waals surface area contributed by atoms with E-state index in [0.717, 1.165) is 51.2 Å². The van der Waals surface area contributed by atoms with Crippen LogP contribution in [0.1, 0.15) is 58.3 Å². The van der Waals surface area contributed by atoms with Gasteiger partial charge in [0.25, 0.3) is 0 Å². The molecule has 4 heteroatoms. The zero-order valence-electron chi connectivity index (χ0n) is 12.3. The molecule has 0 bridgehead atoms. The molecule has 1 heterocycles. The summed E-state index contributed by atoms with van der Waals surface area (Å²) in [5.74, 6) is 0.990. The van der Waals surface area contributed by atoms with Crippen LogP contribution in [0.4, 0.5) is 0 Å². The minimum Gasteiger partial charge on any atom is -0.353 e. The first-order valence-corrected chi connectivity index (χ1v) is 8.37. The summed E-state index contributed by atoms with van der Waals surface area (Å²) in [6.07, 6.45) is 8.62. The highest BCUT2D eigenvalue weighted by atomic mass is 35.5. The van der Waals surface area contributed by atoms with E-state index in [-0.39, 0.29) is 5.91 Å². The molecule has 0 aromatic heterocycles. The van der Waals surface area contributed by atoms with Crippen LogP contribution in [0.25, 0.3) is 0 Å². The zero-order chi connectivity index (χ0) is 13.9.